The molecule has 0 saturated heterocycles. The number of benzene rings is 2. The largest absolute Gasteiger partial charge is 0.369 e. The van der Waals surface area contributed by atoms with E-state index in [1.807, 2.05) is 0 Å². The van der Waals surface area contributed by atoms with Crippen molar-refractivity contribution in [2.75, 3.05) is 0 Å². The van der Waals surface area contributed by atoms with Gasteiger partial charge in [0.25, 0.3) is 5.56 Å². The number of amides is 1. The van der Waals surface area contributed by atoms with Crippen molar-refractivity contribution in [3.63, 3.8) is 0 Å². The number of nitrogens with zero attached hydrogens (tertiary/aromatic N) is 2. The van der Waals surface area contributed by atoms with Crippen LogP contribution < -0.4 is 11.3 Å². The van der Waals surface area contributed by atoms with Gasteiger partial charge in [0.1, 0.15) is 11.6 Å². The third kappa shape index (κ3) is 3.32. The van der Waals surface area contributed by atoms with Gasteiger partial charge in [-0.2, -0.15) is 0 Å². The summed E-state index contributed by atoms with van der Waals surface area (Å²) in [5.74, 6) is -2.23. The molecule has 1 heterocycles. The first-order valence-electron chi connectivity index (χ1n) is 7.85. The van der Waals surface area contributed by atoms with E-state index in [1.54, 1.807) is 31.2 Å². The van der Waals surface area contributed by atoms with Crippen LogP contribution in [0.25, 0.3) is 16.6 Å². The van der Waals surface area contributed by atoms with E-state index in [-0.39, 0.29) is 16.2 Å². The standard InChI is InChI=1S/C18H15F2N3O2S/c1-2-15(16(21)24)26-18-22-13-6-4-3-5-11(13)17(25)23(18)14-8-7-10(19)9-12(14)20/h3-9,15H,2H2,1H3,(H2,21,24). The predicted octanol–water partition coefficient (Wildman–Crippen LogP) is 3.02. The number of nitrogens with two attached hydrogens (primary N) is 1. The van der Waals surface area contributed by atoms with Crippen LogP contribution in [0.3, 0.4) is 0 Å². The van der Waals surface area contributed by atoms with Crippen LogP contribution in [0.5, 0.6) is 0 Å². The lowest BCUT2D eigenvalue weighted by Gasteiger charge is -2.16. The van der Waals surface area contributed by atoms with Crippen LogP contribution in [-0.4, -0.2) is 20.7 Å². The molecule has 1 atom stereocenters. The number of thioether (sulfide) groups is 1. The minimum Gasteiger partial charge on any atom is -0.369 e. The third-order valence-corrected chi connectivity index (χ3v) is 5.17. The first-order chi connectivity index (χ1) is 12.4. The van der Waals surface area contributed by atoms with Crippen molar-refractivity contribution in [2.24, 2.45) is 5.73 Å². The minimum atomic E-state index is -0.904. The number of carbonyl (C=O) groups excluding carboxylic acids is 1. The average molecular weight is 375 g/mol. The SMILES string of the molecule is CCC(Sc1nc2ccccc2c(=O)n1-c1ccc(F)cc1F)C(N)=O. The molecule has 1 aromatic heterocycles. The fourth-order valence-corrected chi connectivity index (χ4v) is 3.51. The van der Waals surface area contributed by atoms with E-state index in [2.05, 4.69) is 4.98 Å². The summed E-state index contributed by atoms with van der Waals surface area (Å²) in [6.45, 7) is 1.77. The van der Waals surface area contributed by atoms with E-state index in [0.29, 0.717) is 18.0 Å². The summed E-state index contributed by atoms with van der Waals surface area (Å²) in [5, 5.41) is -0.240. The molecule has 0 radical (unpaired) electrons. The van der Waals surface area contributed by atoms with E-state index in [0.717, 1.165) is 28.5 Å². The highest BCUT2D eigenvalue weighted by molar-refractivity contribution is 8.00. The molecule has 0 aliphatic rings. The molecule has 1 amide bonds. The van der Waals surface area contributed by atoms with Crippen molar-refractivity contribution < 1.29 is 13.6 Å². The van der Waals surface area contributed by atoms with Gasteiger partial charge in [0.05, 0.1) is 21.8 Å². The van der Waals surface area contributed by atoms with Crippen molar-refractivity contribution in [3.8, 4) is 5.69 Å². The van der Waals surface area contributed by atoms with Crippen molar-refractivity contribution >= 4 is 28.6 Å². The highest BCUT2D eigenvalue weighted by Crippen LogP contribution is 2.27. The summed E-state index contributed by atoms with van der Waals surface area (Å²) in [6.07, 6.45) is 0.411. The molecule has 0 saturated carbocycles. The van der Waals surface area contributed by atoms with Gasteiger partial charge in [-0.3, -0.25) is 14.2 Å². The normalized spacial score (nSPS) is 12.3. The Labute approximate surface area is 151 Å². The zero-order valence-electron chi connectivity index (χ0n) is 13.8. The molecular weight excluding hydrogens is 360 g/mol. The second kappa shape index (κ2) is 7.25. The Balaban J connectivity index is 2.30. The van der Waals surface area contributed by atoms with Gasteiger partial charge in [-0.15, -0.1) is 0 Å². The molecule has 26 heavy (non-hydrogen) atoms. The van der Waals surface area contributed by atoms with Gasteiger partial charge in [-0.05, 0) is 30.7 Å². The second-order valence-corrected chi connectivity index (χ2v) is 6.73. The first-order valence-corrected chi connectivity index (χ1v) is 8.73. The molecule has 3 rings (SSSR count). The van der Waals surface area contributed by atoms with Crippen molar-refractivity contribution in [1.29, 1.82) is 0 Å². The second-order valence-electron chi connectivity index (χ2n) is 5.56. The Morgan fingerprint density at radius 2 is 2.00 bits per heavy atom. The van der Waals surface area contributed by atoms with E-state index >= 15 is 0 Å². The van der Waals surface area contributed by atoms with Gasteiger partial charge < -0.3 is 5.73 Å². The van der Waals surface area contributed by atoms with Crippen molar-refractivity contribution in [3.05, 3.63) is 64.5 Å². The highest BCUT2D eigenvalue weighted by atomic mass is 32.2. The van der Waals surface area contributed by atoms with Crippen LogP contribution in [0.15, 0.2) is 52.4 Å². The number of rotatable bonds is 5. The third-order valence-electron chi connectivity index (χ3n) is 3.83. The minimum absolute atomic E-state index is 0.116. The summed E-state index contributed by atoms with van der Waals surface area (Å²) in [6, 6.07) is 9.52. The Hall–Kier alpha value is -2.74. The predicted molar refractivity (Wildman–Crippen MR) is 96.4 cm³/mol. The summed E-state index contributed by atoms with van der Waals surface area (Å²) < 4.78 is 28.7. The topological polar surface area (TPSA) is 78.0 Å². The molecule has 2 N–H and O–H groups in total. The maximum atomic E-state index is 14.3. The van der Waals surface area contributed by atoms with Crippen molar-refractivity contribution in [2.45, 2.75) is 23.8 Å². The van der Waals surface area contributed by atoms with E-state index in [4.69, 9.17) is 5.73 Å². The Morgan fingerprint density at radius 3 is 2.65 bits per heavy atom. The lowest BCUT2D eigenvalue weighted by Crippen LogP contribution is -2.28. The molecule has 0 aliphatic carbocycles. The summed E-state index contributed by atoms with van der Waals surface area (Å²) >= 11 is 0.977. The highest BCUT2D eigenvalue weighted by Gasteiger charge is 2.22. The van der Waals surface area contributed by atoms with Crippen LogP contribution in [0.4, 0.5) is 8.78 Å². The Bertz CT molecular complexity index is 1050. The molecule has 0 fully saturated rings. The molecule has 0 spiro atoms. The van der Waals surface area contributed by atoms with Crippen LogP contribution in [0.1, 0.15) is 13.3 Å². The number of hydrogen-bond donors (Lipinski definition) is 1. The first kappa shape index (κ1) is 18.1. The number of aromatic nitrogens is 2. The number of primary amides is 1. The summed E-state index contributed by atoms with van der Waals surface area (Å²) in [7, 11) is 0. The van der Waals surface area contributed by atoms with Crippen LogP contribution in [0.2, 0.25) is 0 Å². The maximum Gasteiger partial charge on any atom is 0.266 e. The van der Waals surface area contributed by atoms with Gasteiger partial charge in [0.15, 0.2) is 5.16 Å². The smallest absolute Gasteiger partial charge is 0.266 e. The quantitative estimate of drug-likeness (QED) is 0.549. The summed E-state index contributed by atoms with van der Waals surface area (Å²) in [5.41, 5.74) is 5.15. The van der Waals surface area contributed by atoms with Gasteiger partial charge >= 0.3 is 0 Å². The van der Waals surface area contributed by atoms with Crippen molar-refractivity contribution in [1.82, 2.24) is 9.55 Å². The zero-order valence-corrected chi connectivity index (χ0v) is 14.6. The molecule has 3 aromatic rings. The average Bonchev–Trinajstić information content (AvgIpc) is 2.60. The number of hydrogen-bond acceptors (Lipinski definition) is 4. The van der Waals surface area contributed by atoms with Gasteiger partial charge in [0, 0.05) is 6.07 Å². The monoisotopic (exact) mass is 375 g/mol. The van der Waals surface area contributed by atoms with Gasteiger partial charge in [0.2, 0.25) is 5.91 Å². The van der Waals surface area contributed by atoms with E-state index in [1.165, 1.54) is 0 Å². The Morgan fingerprint density at radius 1 is 1.27 bits per heavy atom. The molecule has 0 aliphatic heterocycles. The number of carbonyl (C=O) groups is 1. The zero-order chi connectivity index (χ0) is 18.8. The molecule has 2 aromatic carbocycles. The van der Waals surface area contributed by atoms with Gasteiger partial charge in [-0.1, -0.05) is 30.8 Å². The van der Waals surface area contributed by atoms with Crippen LogP contribution in [-0.2, 0) is 4.79 Å². The Kier molecular flexibility index (Phi) is 5.03. The number of para-hydroxylation sites is 1. The number of halogens is 2. The van der Waals surface area contributed by atoms with Crippen LogP contribution in [0, 0.1) is 11.6 Å². The molecular formula is C18H15F2N3O2S. The van der Waals surface area contributed by atoms with E-state index in [9.17, 15) is 18.4 Å². The molecule has 0 bridgehead atoms. The fraction of sp³-hybridized carbons (Fsp3) is 0.167. The molecule has 1 unspecified atom stereocenters. The lowest BCUT2D eigenvalue weighted by atomic mass is 10.2. The summed E-state index contributed by atoms with van der Waals surface area (Å²) in [4.78, 5) is 29.0. The van der Waals surface area contributed by atoms with Crippen LogP contribution >= 0.6 is 11.8 Å². The number of fused-ring (bicyclic) bond motifs is 1. The lowest BCUT2D eigenvalue weighted by molar-refractivity contribution is -0.117. The molecule has 5 nitrogen and oxygen atoms in total. The van der Waals surface area contributed by atoms with Gasteiger partial charge in [-0.25, -0.2) is 13.8 Å². The van der Waals surface area contributed by atoms with E-state index < -0.39 is 28.4 Å². The molecule has 134 valence electrons. The maximum absolute atomic E-state index is 14.3. The fourth-order valence-electron chi connectivity index (χ4n) is 2.54. The molecule has 8 heteroatoms.